The second kappa shape index (κ2) is 2.62. The van der Waals surface area contributed by atoms with E-state index in [0.717, 1.165) is 0 Å². The summed E-state index contributed by atoms with van der Waals surface area (Å²) >= 11 is 0. The molecule has 1 nitrogen and oxygen atoms in total. The molecule has 62 valence electrons. The minimum Gasteiger partial charge on any atom is -0.320 e. The summed E-state index contributed by atoms with van der Waals surface area (Å²) in [5.41, 5.74) is 4.06. The molecule has 0 spiro atoms. The summed E-state index contributed by atoms with van der Waals surface area (Å²) in [6, 6.07) is 0. The first-order chi connectivity index (χ1) is 3.96. The fourth-order valence-electron chi connectivity index (χ4n) is 1.15. The van der Waals surface area contributed by atoms with Crippen molar-refractivity contribution in [2.24, 2.45) is 5.73 Å². The SMILES string of the molecule is CC1(N)CCCC1(F)F.Cl. The fraction of sp³-hybridized carbons (Fsp3) is 1.00. The van der Waals surface area contributed by atoms with Gasteiger partial charge in [0.05, 0.1) is 5.54 Å². The van der Waals surface area contributed by atoms with Gasteiger partial charge in [-0.25, -0.2) is 8.78 Å². The number of hydrogen-bond donors (Lipinski definition) is 1. The van der Waals surface area contributed by atoms with E-state index in [1.54, 1.807) is 0 Å². The molecule has 1 fully saturated rings. The monoisotopic (exact) mass is 171 g/mol. The Morgan fingerprint density at radius 3 is 1.90 bits per heavy atom. The topological polar surface area (TPSA) is 26.0 Å². The molecule has 1 unspecified atom stereocenters. The van der Waals surface area contributed by atoms with Gasteiger partial charge in [0.2, 0.25) is 0 Å². The standard InChI is InChI=1S/C6H11F2N.ClH/c1-5(9)3-2-4-6(5,7)8;/h2-4,9H2,1H3;1H. The van der Waals surface area contributed by atoms with Gasteiger partial charge in [-0.05, 0) is 19.8 Å². The smallest absolute Gasteiger partial charge is 0.265 e. The van der Waals surface area contributed by atoms with Crippen LogP contribution in [-0.4, -0.2) is 11.5 Å². The van der Waals surface area contributed by atoms with Gasteiger partial charge in [0.15, 0.2) is 0 Å². The second-order valence-corrected chi connectivity index (χ2v) is 2.98. The fourth-order valence-corrected chi connectivity index (χ4v) is 1.15. The van der Waals surface area contributed by atoms with Crippen molar-refractivity contribution < 1.29 is 8.78 Å². The van der Waals surface area contributed by atoms with Crippen LogP contribution in [-0.2, 0) is 0 Å². The Labute approximate surface area is 65.4 Å². The minimum absolute atomic E-state index is 0. The van der Waals surface area contributed by atoms with Gasteiger partial charge in [0.25, 0.3) is 5.92 Å². The highest BCUT2D eigenvalue weighted by molar-refractivity contribution is 5.85. The van der Waals surface area contributed by atoms with Crippen molar-refractivity contribution in [2.75, 3.05) is 0 Å². The van der Waals surface area contributed by atoms with Crippen molar-refractivity contribution in [3.8, 4) is 0 Å². The first-order valence-corrected chi connectivity index (χ1v) is 3.12. The summed E-state index contributed by atoms with van der Waals surface area (Å²) < 4.78 is 25.2. The molecular weight excluding hydrogens is 160 g/mol. The van der Waals surface area contributed by atoms with Gasteiger partial charge in [-0.3, -0.25) is 0 Å². The third-order valence-electron chi connectivity index (χ3n) is 2.02. The van der Waals surface area contributed by atoms with E-state index < -0.39 is 11.5 Å². The predicted molar refractivity (Wildman–Crippen MR) is 38.6 cm³/mol. The highest BCUT2D eigenvalue weighted by Gasteiger charge is 2.50. The summed E-state index contributed by atoms with van der Waals surface area (Å²) in [4.78, 5) is 0. The Morgan fingerprint density at radius 1 is 1.30 bits per heavy atom. The van der Waals surface area contributed by atoms with Crippen molar-refractivity contribution in [3.05, 3.63) is 0 Å². The van der Waals surface area contributed by atoms with Crippen molar-refractivity contribution in [3.63, 3.8) is 0 Å². The average molecular weight is 172 g/mol. The molecule has 4 heteroatoms. The van der Waals surface area contributed by atoms with Gasteiger partial charge in [-0.2, -0.15) is 0 Å². The van der Waals surface area contributed by atoms with Crippen LogP contribution in [0.25, 0.3) is 0 Å². The van der Waals surface area contributed by atoms with E-state index in [0.29, 0.717) is 12.8 Å². The minimum atomic E-state index is -2.63. The molecular formula is C6H12ClF2N. The van der Waals surface area contributed by atoms with Gasteiger partial charge < -0.3 is 5.73 Å². The third kappa shape index (κ3) is 1.40. The normalized spacial score (nSPS) is 37.2. The lowest BCUT2D eigenvalue weighted by atomic mass is 9.99. The van der Waals surface area contributed by atoms with Crippen LogP contribution in [0, 0.1) is 0 Å². The maximum absolute atomic E-state index is 12.6. The maximum Gasteiger partial charge on any atom is 0.265 e. The number of nitrogens with two attached hydrogens (primary N) is 1. The van der Waals surface area contributed by atoms with Crippen LogP contribution >= 0.6 is 12.4 Å². The molecule has 0 heterocycles. The molecule has 0 aliphatic heterocycles. The molecule has 0 radical (unpaired) electrons. The molecule has 0 bridgehead atoms. The molecule has 1 atom stereocenters. The van der Waals surface area contributed by atoms with Crippen LogP contribution in [0.2, 0.25) is 0 Å². The first-order valence-electron chi connectivity index (χ1n) is 3.12. The van der Waals surface area contributed by atoms with Crippen molar-refractivity contribution in [2.45, 2.75) is 37.6 Å². The molecule has 1 aliphatic rings. The highest BCUT2D eigenvalue weighted by Crippen LogP contribution is 2.41. The van der Waals surface area contributed by atoms with Crippen molar-refractivity contribution in [1.29, 1.82) is 0 Å². The molecule has 0 saturated heterocycles. The molecule has 0 aromatic heterocycles. The lowest BCUT2D eigenvalue weighted by Gasteiger charge is -2.25. The summed E-state index contributed by atoms with van der Waals surface area (Å²) in [6.45, 7) is 1.42. The van der Waals surface area contributed by atoms with Gasteiger partial charge in [-0.15, -0.1) is 12.4 Å². The lowest BCUT2D eigenvalue weighted by molar-refractivity contribution is -0.0452. The van der Waals surface area contributed by atoms with Crippen molar-refractivity contribution in [1.82, 2.24) is 0 Å². The molecule has 2 N–H and O–H groups in total. The summed E-state index contributed by atoms with van der Waals surface area (Å²) in [5, 5.41) is 0. The molecule has 10 heavy (non-hydrogen) atoms. The van der Waals surface area contributed by atoms with E-state index >= 15 is 0 Å². The molecule has 0 amide bonds. The molecule has 0 aromatic rings. The molecule has 0 aromatic carbocycles. The van der Waals surface area contributed by atoms with E-state index in [2.05, 4.69) is 0 Å². The van der Waals surface area contributed by atoms with E-state index in [9.17, 15) is 8.78 Å². The Morgan fingerprint density at radius 2 is 1.80 bits per heavy atom. The summed E-state index contributed by atoms with van der Waals surface area (Å²) in [6.07, 6.45) is 0.958. The van der Waals surface area contributed by atoms with Crippen LogP contribution in [0.1, 0.15) is 26.2 Å². The van der Waals surface area contributed by atoms with Crippen LogP contribution in [0.15, 0.2) is 0 Å². The summed E-state index contributed by atoms with van der Waals surface area (Å²) in [5.74, 6) is -2.63. The zero-order valence-electron chi connectivity index (χ0n) is 5.86. The lowest BCUT2D eigenvalue weighted by Crippen LogP contribution is -2.48. The molecule has 1 aliphatic carbocycles. The second-order valence-electron chi connectivity index (χ2n) is 2.98. The predicted octanol–water partition coefficient (Wildman–Crippen LogP) is 1.94. The van der Waals surface area contributed by atoms with Crippen molar-refractivity contribution >= 4 is 12.4 Å². The van der Waals surface area contributed by atoms with Gasteiger partial charge in [0, 0.05) is 6.42 Å². The zero-order chi connectivity index (χ0) is 7.12. The van der Waals surface area contributed by atoms with Gasteiger partial charge in [0.1, 0.15) is 0 Å². The Balaban J connectivity index is 0.000000810. The van der Waals surface area contributed by atoms with Crippen LogP contribution in [0.5, 0.6) is 0 Å². The van der Waals surface area contributed by atoms with Gasteiger partial charge >= 0.3 is 0 Å². The van der Waals surface area contributed by atoms with Crippen LogP contribution in [0.4, 0.5) is 8.78 Å². The maximum atomic E-state index is 12.6. The average Bonchev–Trinajstić information content (AvgIpc) is 1.81. The van der Waals surface area contributed by atoms with E-state index in [1.165, 1.54) is 6.92 Å². The van der Waals surface area contributed by atoms with Crippen LogP contribution < -0.4 is 5.73 Å². The number of alkyl halides is 2. The van der Waals surface area contributed by atoms with Crippen LogP contribution in [0.3, 0.4) is 0 Å². The Hall–Kier alpha value is 0.110. The van der Waals surface area contributed by atoms with E-state index in [1.807, 2.05) is 0 Å². The first kappa shape index (κ1) is 10.1. The van der Waals surface area contributed by atoms with Gasteiger partial charge in [-0.1, -0.05) is 0 Å². The third-order valence-corrected chi connectivity index (χ3v) is 2.02. The molecule has 1 rings (SSSR count). The number of rotatable bonds is 0. The molecule has 1 saturated carbocycles. The van der Waals surface area contributed by atoms with E-state index in [-0.39, 0.29) is 18.8 Å². The Bertz CT molecular complexity index is 111. The Kier molecular flexibility index (Phi) is 2.65. The largest absolute Gasteiger partial charge is 0.320 e. The van der Waals surface area contributed by atoms with E-state index in [4.69, 9.17) is 5.73 Å². The quantitative estimate of drug-likeness (QED) is 0.593. The number of halogens is 3. The number of hydrogen-bond acceptors (Lipinski definition) is 1. The highest BCUT2D eigenvalue weighted by atomic mass is 35.5. The zero-order valence-corrected chi connectivity index (χ0v) is 6.68. The summed E-state index contributed by atoms with van der Waals surface area (Å²) in [7, 11) is 0.